The number of carbonyl (C=O) groups is 1. The van der Waals surface area contributed by atoms with Crippen molar-refractivity contribution >= 4 is 6.03 Å². The summed E-state index contributed by atoms with van der Waals surface area (Å²) in [5, 5.41) is 40.8. The van der Waals surface area contributed by atoms with Gasteiger partial charge in [0.25, 0.3) is 0 Å². The molecule has 124 valence electrons. The van der Waals surface area contributed by atoms with Crippen molar-refractivity contribution in [3.63, 3.8) is 0 Å². The molecule has 8 heteroatoms. The minimum Gasteiger partial charge on any atom is -0.394 e. The molecule has 0 bridgehead atoms. The summed E-state index contributed by atoms with van der Waals surface area (Å²) in [6.45, 7) is 6.88. The fourth-order valence-corrected chi connectivity index (χ4v) is 2.48. The standard InChI is InChI=1S/C13H26N2O6/c1-6(2)15(7(3)4)13(20)14-12-11(19)10(18)9(17)8(5-16)21-12/h6-12,16-19H,5H2,1-4H3,(H,14,20)/t8-,9-,10+,11-,12-/m1/s1. The van der Waals surface area contributed by atoms with E-state index in [0.29, 0.717) is 0 Å². The number of hydrogen-bond donors (Lipinski definition) is 5. The number of rotatable bonds is 4. The maximum absolute atomic E-state index is 12.2. The summed E-state index contributed by atoms with van der Waals surface area (Å²) in [6, 6.07) is -0.575. The van der Waals surface area contributed by atoms with Crippen LogP contribution in [-0.4, -0.2) is 80.7 Å². The molecule has 0 aromatic heterocycles. The fraction of sp³-hybridized carbons (Fsp3) is 0.923. The van der Waals surface area contributed by atoms with Gasteiger partial charge in [0.15, 0.2) is 6.23 Å². The van der Waals surface area contributed by atoms with E-state index >= 15 is 0 Å². The first-order valence-electron chi connectivity index (χ1n) is 7.10. The highest BCUT2D eigenvalue weighted by Gasteiger charge is 2.44. The summed E-state index contributed by atoms with van der Waals surface area (Å²) < 4.78 is 5.24. The molecule has 0 spiro atoms. The summed E-state index contributed by atoms with van der Waals surface area (Å²) in [5.74, 6) is 0. The van der Waals surface area contributed by atoms with Gasteiger partial charge < -0.3 is 35.4 Å². The van der Waals surface area contributed by atoms with Crippen molar-refractivity contribution in [1.82, 2.24) is 10.2 Å². The van der Waals surface area contributed by atoms with Gasteiger partial charge in [0.2, 0.25) is 0 Å². The molecule has 1 rings (SSSR count). The molecule has 0 aromatic carbocycles. The van der Waals surface area contributed by atoms with Gasteiger partial charge in [-0.2, -0.15) is 0 Å². The molecule has 5 N–H and O–H groups in total. The van der Waals surface area contributed by atoms with Gasteiger partial charge in [-0.3, -0.25) is 0 Å². The molecule has 5 atom stereocenters. The Morgan fingerprint density at radius 3 is 2.05 bits per heavy atom. The second-order valence-corrected chi connectivity index (χ2v) is 5.79. The van der Waals surface area contributed by atoms with Crippen LogP contribution in [0.25, 0.3) is 0 Å². The number of nitrogens with one attached hydrogen (secondary N) is 1. The number of aliphatic hydroxyl groups is 4. The average Bonchev–Trinajstić information content (AvgIpc) is 2.38. The zero-order chi connectivity index (χ0) is 16.3. The topological polar surface area (TPSA) is 122 Å². The minimum absolute atomic E-state index is 0.0603. The second kappa shape index (κ2) is 7.37. The van der Waals surface area contributed by atoms with Crippen LogP contribution in [0.1, 0.15) is 27.7 Å². The van der Waals surface area contributed by atoms with Gasteiger partial charge in [0.1, 0.15) is 24.4 Å². The molecule has 8 nitrogen and oxygen atoms in total. The Labute approximate surface area is 124 Å². The van der Waals surface area contributed by atoms with E-state index in [1.807, 2.05) is 27.7 Å². The number of aliphatic hydroxyl groups excluding tert-OH is 4. The molecule has 0 radical (unpaired) electrons. The number of nitrogens with zero attached hydrogens (tertiary/aromatic N) is 1. The monoisotopic (exact) mass is 306 g/mol. The summed E-state index contributed by atoms with van der Waals surface area (Å²) in [5.41, 5.74) is 0. The van der Waals surface area contributed by atoms with Crippen molar-refractivity contribution in [2.75, 3.05) is 6.61 Å². The van der Waals surface area contributed by atoms with E-state index < -0.39 is 43.3 Å². The maximum atomic E-state index is 12.2. The minimum atomic E-state index is -1.51. The van der Waals surface area contributed by atoms with E-state index in [9.17, 15) is 20.1 Å². The van der Waals surface area contributed by atoms with Gasteiger partial charge in [-0.15, -0.1) is 0 Å². The van der Waals surface area contributed by atoms with Crippen LogP contribution in [0.5, 0.6) is 0 Å². The van der Waals surface area contributed by atoms with E-state index in [0.717, 1.165) is 0 Å². The molecule has 2 amide bonds. The Balaban J connectivity index is 2.78. The van der Waals surface area contributed by atoms with Crippen LogP contribution in [0.2, 0.25) is 0 Å². The highest BCUT2D eigenvalue weighted by atomic mass is 16.6. The van der Waals surface area contributed by atoms with E-state index in [1.54, 1.807) is 4.90 Å². The predicted octanol–water partition coefficient (Wildman–Crippen LogP) is -1.39. The van der Waals surface area contributed by atoms with Gasteiger partial charge >= 0.3 is 6.03 Å². The zero-order valence-corrected chi connectivity index (χ0v) is 12.8. The molecule has 0 saturated carbocycles. The Bertz CT molecular complexity index is 342. The number of hydrogen-bond acceptors (Lipinski definition) is 6. The summed E-state index contributed by atoms with van der Waals surface area (Å²) >= 11 is 0. The van der Waals surface area contributed by atoms with Gasteiger partial charge in [-0.05, 0) is 27.7 Å². The lowest BCUT2D eigenvalue weighted by Crippen LogP contribution is -2.64. The van der Waals surface area contributed by atoms with Crippen molar-refractivity contribution in [2.45, 2.75) is 70.4 Å². The van der Waals surface area contributed by atoms with Crippen LogP contribution < -0.4 is 5.32 Å². The molecule has 21 heavy (non-hydrogen) atoms. The molecule has 1 heterocycles. The van der Waals surface area contributed by atoms with E-state index in [2.05, 4.69) is 5.32 Å². The third kappa shape index (κ3) is 4.04. The SMILES string of the molecule is CC(C)N(C(=O)N[C@@H]1O[C@H](CO)[C@@H](O)[C@H](O)[C@H]1O)C(C)C. The lowest BCUT2D eigenvalue weighted by atomic mass is 9.98. The summed E-state index contributed by atoms with van der Waals surface area (Å²) in [6.07, 6.45) is -6.67. The fourth-order valence-electron chi connectivity index (χ4n) is 2.48. The zero-order valence-electron chi connectivity index (χ0n) is 12.8. The van der Waals surface area contributed by atoms with Crippen molar-refractivity contribution in [2.24, 2.45) is 0 Å². The van der Waals surface area contributed by atoms with Crippen LogP contribution in [-0.2, 0) is 4.74 Å². The quantitative estimate of drug-likeness (QED) is 0.436. The lowest BCUT2D eigenvalue weighted by Gasteiger charge is -2.41. The predicted molar refractivity (Wildman–Crippen MR) is 74.4 cm³/mol. The molecule has 1 saturated heterocycles. The first-order chi connectivity index (χ1) is 9.70. The average molecular weight is 306 g/mol. The molecule has 0 unspecified atom stereocenters. The summed E-state index contributed by atoms with van der Waals surface area (Å²) in [7, 11) is 0. The van der Waals surface area contributed by atoms with Crippen LogP contribution in [0.15, 0.2) is 0 Å². The first-order valence-corrected chi connectivity index (χ1v) is 7.10. The third-order valence-corrected chi connectivity index (χ3v) is 3.51. The highest BCUT2D eigenvalue weighted by Crippen LogP contribution is 2.20. The molecule has 1 aliphatic rings. The number of urea groups is 1. The van der Waals surface area contributed by atoms with Crippen molar-refractivity contribution in [1.29, 1.82) is 0 Å². The largest absolute Gasteiger partial charge is 0.394 e. The number of carbonyl (C=O) groups excluding carboxylic acids is 1. The van der Waals surface area contributed by atoms with Gasteiger partial charge in [0.05, 0.1) is 6.61 Å². The van der Waals surface area contributed by atoms with E-state index in [-0.39, 0.29) is 12.1 Å². The van der Waals surface area contributed by atoms with Gasteiger partial charge in [-0.1, -0.05) is 0 Å². The molecule has 0 aliphatic carbocycles. The molecule has 1 aliphatic heterocycles. The Morgan fingerprint density at radius 1 is 1.10 bits per heavy atom. The third-order valence-electron chi connectivity index (χ3n) is 3.51. The molecular formula is C13H26N2O6. The smallest absolute Gasteiger partial charge is 0.319 e. The highest BCUT2D eigenvalue weighted by molar-refractivity contribution is 5.75. The van der Waals surface area contributed by atoms with Crippen molar-refractivity contribution in [3.8, 4) is 0 Å². The summed E-state index contributed by atoms with van der Waals surface area (Å²) in [4.78, 5) is 13.8. The van der Waals surface area contributed by atoms with Crippen LogP contribution >= 0.6 is 0 Å². The lowest BCUT2D eigenvalue weighted by molar-refractivity contribution is -0.233. The Hall–Kier alpha value is -0.930. The Kier molecular flexibility index (Phi) is 6.36. The van der Waals surface area contributed by atoms with Crippen LogP contribution in [0.4, 0.5) is 4.79 Å². The van der Waals surface area contributed by atoms with Crippen LogP contribution in [0.3, 0.4) is 0 Å². The van der Waals surface area contributed by atoms with Crippen molar-refractivity contribution in [3.05, 3.63) is 0 Å². The van der Waals surface area contributed by atoms with E-state index in [1.165, 1.54) is 0 Å². The first kappa shape index (κ1) is 18.1. The normalized spacial score (nSPS) is 33.3. The molecule has 0 aromatic rings. The Morgan fingerprint density at radius 2 is 1.62 bits per heavy atom. The van der Waals surface area contributed by atoms with Gasteiger partial charge in [0, 0.05) is 12.1 Å². The maximum Gasteiger partial charge on any atom is 0.319 e. The van der Waals surface area contributed by atoms with Crippen LogP contribution in [0, 0.1) is 0 Å². The molecular weight excluding hydrogens is 280 g/mol. The molecule has 1 fully saturated rings. The van der Waals surface area contributed by atoms with Crippen molar-refractivity contribution < 1.29 is 30.0 Å². The number of amides is 2. The second-order valence-electron chi connectivity index (χ2n) is 5.79. The number of ether oxygens (including phenoxy) is 1. The van der Waals surface area contributed by atoms with E-state index in [4.69, 9.17) is 9.84 Å². The van der Waals surface area contributed by atoms with Gasteiger partial charge in [-0.25, -0.2) is 4.79 Å².